The number of hydrogen-bond acceptors (Lipinski definition) is 5. The van der Waals surface area contributed by atoms with Gasteiger partial charge in [-0.2, -0.15) is 4.31 Å². The fourth-order valence-electron chi connectivity index (χ4n) is 7.46. The van der Waals surface area contributed by atoms with E-state index in [1.165, 1.54) is 0 Å². The number of aliphatic hydroxyl groups is 1. The third-order valence-corrected chi connectivity index (χ3v) is 11.8. The predicted molar refractivity (Wildman–Crippen MR) is 138 cm³/mol. The number of nitrogens with zero attached hydrogens (tertiary/aromatic N) is 3. The van der Waals surface area contributed by atoms with Crippen LogP contribution in [0, 0.1) is 11.3 Å². The molecule has 3 heterocycles. The van der Waals surface area contributed by atoms with Crippen LogP contribution in [-0.2, 0) is 14.8 Å². The number of fused-ring (bicyclic) bond motifs is 2. The number of piperazine rings is 1. The van der Waals surface area contributed by atoms with Crippen LogP contribution in [0.2, 0.25) is 5.02 Å². The Kier molecular flexibility index (Phi) is 6.64. The first-order chi connectivity index (χ1) is 17.3. The Hall–Kier alpha value is -1.19. The van der Waals surface area contributed by atoms with Crippen LogP contribution in [0.1, 0.15) is 64.2 Å². The van der Waals surface area contributed by atoms with Crippen molar-refractivity contribution < 1.29 is 18.3 Å². The number of amides is 1. The zero-order valence-corrected chi connectivity index (χ0v) is 22.5. The van der Waals surface area contributed by atoms with E-state index in [-0.39, 0.29) is 30.0 Å². The number of hydrogen-bond donors (Lipinski definition) is 1. The van der Waals surface area contributed by atoms with Crippen LogP contribution in [-0.4, -0.2) is 83.9 Å². The molecule has 1 amide bonds. The second-order valence-electron chi connectivity index (χ2n) is 11.8. The van der Waals surface area contributed by atoms with Crippen LogP contribution < -0.4 is 0 Å². The molecule has 3 saturated heterocycles. The normalized spacial score (nSPS) is 32.6. The molecule has 9 heteroatoms. The van der Waals surface area contributed by atoms with Crippen molar-refractivity contribution in [2.75, 3.05) is 26.2 Å². The van der Waals surface area contributed by atoms with Gasteiger partial charge in [0.15, 0.2) is 0 Å². The van der Waals surface area contributed by atoms with Crippen molar-refractivity contribution in [1.82, 2.24) is 14.1 Å². The second kappa shape index (κ2) is 9.53. The Labute approximate surface area is 219 Å². The molecule has 4 unspecified atom stereocenters. The summed E-state index contributed by atoms with van der Waals surface area (Å²) in [7, 11) is -3.69. The molecular formula is C27H38ClN3O4S. The van der Waals surface area contributed by atoms with E-state index in [0.29, 0.717) is 40.9 Å². The first-order valence-electron chi connectivity index (χ1n) is 13.8. The summed E-state index contributed by atoms with van der Waals surface area (Å²) >= 11 is 6.06. The van der Waals surface area contributed by atoms with Gasteiger partial charge in [-0.3, -0.25) is 9.69 Å². The molecule has 2 saturated carbocycles. The largest absolute Gasteiger partial charge is 0.395 e. The number of aliphatic hydroxyl groups excluding tert-OH is 1. The lowest BCUT2D eigenvalue weighted by Gasteiger charge is -2.46. The summed E-state index contributed by atoms with van der Waals surface area (Å²) in [5.74, 6) is 0.627. The van der Waals surface area contributed by atoms with Crippen LogP contribution in [0.5, 0.6) is 0 Å². The van der Waals surface area contributed by atoms with E-state index in [1.807, 2.05) is 9.21 Å². The number of halogens is 1. The summed E-state index contributed by atoms with van der Waals surface area (Å²) in [6, 6.07) is 7.15. The molecule has 5 fully saturated rings. The summed E-state index contributed by atoms with van der Waals surface area (Å²) in [6.07, 6.45) is 9.41. The highest BCUT2D eigenvalue weighted by Crippen LogP contribution is 2.58. The molecule has 1 aromatic rings. The van der Waals surface area contributed by atoms with Gasteiger partial charge in [-0.05, 0) is 87.0 Å². The van der Waals surface area contributed by atoms with Crippen molar-refractivity contribution in [3.05, 3.63) is 29.3 Å². The fraction of sp³-hybridized carbons (Fsp3) is 0.741. The Morgan fingerprint density at radius 3 is 2.25 bits per heavy atom. The number of benzene rings is 1. The minimum absolute atomic E-state index is 0.0369. The maximum atomic E-state index is 14.1. The summed E-state index contributed by atoms with van der Waals surface area (Å²) in [5.41, 5.74) is -0.245. The Bertz CT molecular complexity index is 1070. The molecule has 2 bridgehead atoms. The van der Waals surface area contributed by atoms with Crippen molar-refractivity contribution in [2.45, 2.75) is 93.3 Å². The molecule has 0 aromatic heterocycles. The van der Waals surface area contributed by atoms with Crippen LogP contribution in [0.25, 0.3) is 0 Å². The van der Waals surface area contributed by atoms with E-state index in [1.54, 1.807) is 24.3 Å². The van der Waals surface area contributed by atoms with E-state index in [9.17, 15) is 18.3 Å². The number of carbonyl (C=O) groups is 1. The van der Waals surface area contributed by atoms with Gasteiger partial charge in [-0.15, -0.1) is 0 Å². The molecule has 198 valence electrons. The first-order valence-corrected chi connectivity index (χ1v) is 15.6. The van der Waals surface area contributed by atoms with Gasteiger partial charge < -0.3 is 10.0 Å². The van der Waals surface area contributed by atoms with Gasteiger partial charge in [0.1, 0.15) is 0 Å². The number of piperidine rings is 1. The Morgan fingerprint density at radius 1 is 1.00 bits per heavy atom. The molecule has 5 aliphatic rings. The van der Waals surface area contributed by atoms with Gasteiger partial charge in [-0.1, -0.05) is 18.0 Å². The van der Waals surface area contributed by atoms with Crippen LogP contribution in [0.4, 0.5) is 0 Å². The molecule has 2 aliphatic carbocycles. The van der Waals surface area contributed by atoms with Crippen molar-refractivity contribution in [3.63, 3.8) is 0 Å². The molecule has 1 aromatic carbocycles. The van der Waals surface area contributed by atoms with E-state index < -0.39 is 10.0 Å². The summed E-state index contributed by atoms with van der Waals surface area (Å²) in [6.45, 7) is 2.30. The summed E-state index contributed by atoms with van der Waals surface area (Å²) in [4.78, 5) is 18.4. The Morgan fingerprint density at radius 2 is 1.67 bits per heavy atom. The van der Waals surface area contributed by atoms with Gasteiger partial charge in [0.25, 0.3) is 0 Å². The smallest absolute Gasteiger partial charge is 0.243 e. The zero-order valence-electron chi connectivity index (χ0n) is 20.9. The third-order valence-electron chi connectivity index (χ3n) is 9.61. The number of rotatable bonds is 8. The van der Waals surface area contributed by atoms with Crippen molar-refractivity contribution in [1.29, 1.82) is 0 Å². The number of sulfonamides is 1. The summed E-state index contributed by atoms with van der Waals surface area (Å²) in [5, 5.41) is 9.96. The van der Waals surface area contributed by atoms with Crippen molar-refractivity contribution in [2.24, 2.45) is 11.3 Å². The maximum absolute atomic E-state index is 14.1. The highest BCUT2D eigenvalue weighted by molar-refractivity contribution is 7.89. The highest BCUT2D eigenvalue weighted by Gasteiger charge is 2.59. The monoisotopic (exact) mass is 535 g/mol. The topological polar surface area (TPSA) is 81.2 Å². The maximum Gasteiger partial charge on any atom is 0.243 e. The minimum Gasteiger partial charge on any atom is -0.395 e. The molecule has 4 atom stereocenters. The van der Waals surface area contributed by atoms with Crippen LogP contribution in [0.15, 0.2) is 29.2 Å². The lowest BCUT2D eigenvalue weighted by atomic mass is 9.83. The number of carbonyl (C=O) groups excluding carboxylic acids is 1. The molecular weight excluding hydrogens is 498 g/mol. The average Bonchev–Trinajstić information content (AvgIpc) is 3.79. The number of likely N-dealkylation sites (tertiary alicyclic amines) is 1. The predicted octanol–water partition coefficient (Wildman–Crippen LogP) is 3.50. The first kappa shape index (κ1) is 25.1. The fourth-order valence-corrected chi connectivity index (χ4v) is 9.60. The van der Waals surface area contributed by atoms with Crippen LogP contribution in [0.3, 0.4) is 0 Å². The van der Waals surface area contributed by atoms with E-state index in [0.717, 1.165) is 70.9 Å². The van der Waals surface area contributed by atoms with Gasteiger partial charge in [0.05, 0.1) is 11.5 Å². The second-order valence-corrected chi connectivity index (χ2v) is 14.1. The minimum atomic E-state index is -3.69. The molecule has 3 aliphatic heterocycles. The lowest BCUT2D eigenvalue weighted by molar-refractivity contribution is -0.136. The average molecular weight is 536 g/mol. The third kappa shape index (κ3) is 4.51. The molecule has 36 heavy (non-hydrogen) atoms. The zero-order chi connectivity index (χ0) is 25.1. The van der Waals surface area contributed by atoms with Gasteiger partial charge in [0.2, 0.25) is 15.9 Å². The Balaban J connectivity index is 1.23. The van der Waals surface area contributed by atoms with Gasteiger partial charge in [-0.25, -0.2) is 8.42 Å². The SMILES string of the molecule is O=C(CC1(C2CCCC(C3CC3)N2S(=O)(=O)c2ccc(Cl)cc2)CC1)N1CC2CCC(C1)N2CCO. The van der Waals surface area contributed by atoms with Crippen LogP contribution >= 0.6 is 11.6 Å². The van der Waals surface area contributed by atoms with Crippen molar-refractivity contribution >= 4 is 27.5 Å². The molecule has 7 nitrogen and oxygen atoms in total. The molecule has 6 rings (SSSR count). The van der Waals surface area contributed by atoms with Crippen molar-refractivity contribution in [3.8, 4) is 0 Å². The molecule has 0 spiro atoms. The highest BCUT2D eigenvalue weighted by atomic mass is 35.5. The lowest BCUT2D eigenvalue weighted by Crippen LogP contribution is -2.57. The van der Waals surface area contributed by atoms with E-state index in [4.69, 9.17) is 11.6 Å². The van der Waals surface area contributed by atoms with E-state index >= 15 is 0 Å². The quantitative estimate of drug-likeness (QED) is 0.551. The van der Waals surface area contributed by atoms with Gasteiger partial charge >= 0.3 is 0 Å². The van der Waals surface area contributed by atoms with Gasteiger partial charge in [0, 0.05) is 55.2 Å². The summed E-state index contributed by atoms with van der Waals surface area (Å²) < 4.78 is 30.0. The molecule has 1 N–H and O–H groups in total. The molecule has 0 radical (unpaired) electrons. The van der Waals surface area contributed by atoms with E-state index in [2.05, 4.69) is 4.90 Å². The standard InChI is InChI=1S/C27H38ClN3O4S/c28-20-6-10-23(11-7-20)36(34,35)31-24(19-4-5-19)2-1-3-25(31)27(12-13-27)16-26(33)29-17-21-8-9-22(18-29)30(21)14-15-32/h6-7,10-11,19,21-22,24-25,32H,1-5,8-9,12-18H2.